The number of likely N-dealkylation sites (tertiary alicyclic amines) is 1. The third kappa shape index (κ3) is 2.36. The molecule has 0 aliphatic carbocycles. The van der Waals surface area contributed by atoms with Crippen molar-refractivity contribution in [2.45, 2.75) is 25.4 Å². The second kappa shape index (κ2) is 4.83. The number of carbonyl (C=O) groups excluding carboxylic acids is 1. The molecule has 1 amide bonds. The maximum absolute atomic E-state index is 12.6. The van der Waals surface area contributed by atoms with Crippen molar-refractivity contribution in [3.8, 4) is 0 Å². The highest BCUT2D eigenvalue weighted by molar-refractivity contribution is 6.04. The minimum Gasteiger partial charge on any atom is -0.388 e. The largest absolute Gasteiger partial charge is 0.388 e. The quantitative estimate of drug-likeness (QED) is 0.856. The molecular formula is C15H17N3O2. The molecule has 0 bridgehead atoms. The van der Waals surface area contributed by atoms with Crippen LogP contribution in [0.1, 0.15) is 30.1 Å². The summed E-state index contributed by atoms with van der Waals surface area (Å²) in [5.41, 5.74) is 1.07. The van der Waals surface area contributed by atoms with E-state index in [4.69, 9.17) is 0 Å². The molecule has 1 aromatic carbocycles. The van der Waals surface area contributed by atoms with Gasteiger partial charge >= 0.3 is 0 Å². The van der Waals surface area contributed by atoms with Crippen LogP contribution >= 0.6 is 0 Å². The van der Waals surface area contributed by atoms with Crippen LogP contribution in [0.2, 0.25) is 0 Å². The Morgan fingerprint density at radius 3 is 2.95 bits per heavy atom. The normalized spacial score (nSPS) is 23.0. The van der Waals surface area contributed by atoms with E-state index in [2.05, 4.69) is 9.97 Å². The van der Waals surface area contributed by atoms with Crippen LogP contribution < -0.4 is 0 Å². The molecule has 1 aliphatic rings. The Balaban J connectivity index is 1.97. The number of hydrogen-bond acceptors (Lipinski definition) is 4. The van der Waals surface area contributed by atoms with E-state index in [-0.39, 0.29) is 5.91 Å². The van der Waals surface area contributed by atoms with E-state index in [0.29, 0.717) is 29.7 Å². The molecule has 1 fully saturated rings. The zero-order valence-electron chi connectivity index (χ0n) is 11.4. The summed E-state index contributed by atoms with van der Waals surface area (Å²) < 4.78 is 0. The van der Waals surface area contributed by atoms with Gasteiger partial charge in [-0.1, -0.05) is 6.07 Å². The molecule has 1 aromatic heterocycles. The van der Waals surface area contributed by atoms with Gasteiger partial charge in [0.05, 0.1) is 16.7 Å². The molecule has 1 aliphatic heterocycles. The number of aliphatic hydroxyl groups is 1. The van der Waals surface area contributed by atoms with Crippen molar-refractivity contribution < 1.29 is 9.90 Å². The zero-order chi connectivity index (χ0) is 14.2. The number of benzene rings is 1. The van der Waals surface area contributed by atoms with Crippen LogP contribution in [0.25, 0.3) is 11.0 Å². The van der Waals surface area contributed by atoms with E-state index >= 15 is 0 Å². The van der Waals surface area contributed by atoms with Crippen molar-refractivity contribution in [3.05, 3.63) is 36.2 Å². The van der Waals surface area contributed by atoms with Crippen LogP contribution in [-0.2, 0) is 0 Å². The van der Waals surface area contributed by atoms with Gasteiger partial charge in [0.15, 0.2) is 0 Å². The highest BCUT2D eigenvalue weighted by Gasteiger charge is 2.31. The first kappa shape index (κ1) is 13.0. The first-order chi connectivity index (χ1) is 9.57. The summed E-state index contributed by atoms with van der Waals surface area (Å²) in [5.74, 6) is -0.0870. The Labute approximate surface area is 117 Å². The van der Waals surface area contributed by atoms with Gasteiger partial charge in [-0.25, -0.2) is 0 Å². The van der Waals surface area contributed by atoms with Crippen LogP contribution in [0.4, 0.5) is 0 Å². The summed E-state index contributed by atoms with van der Waals surface area (Å²) in [6, 6.07) is 5.42. The van der Waals surface area contributed by atoms with Gasteiger partial charge in [0.2, 0.25) is 0 Å². The second-order valence-electron chi connectivity index (χ2n) is 5.56. The molecule has 104 valence electrons. The fraction of sp³-hybridized carbons (Fsp3) is 0.400. The Hall–Kier alpha value is -2.01. The molecule has 5 nitrogen and oxygen atoms in total. The average Bonchev–Trinajstić information content (AvgIpc) is 2.45. The van der Waals surface area contributed by atoms with Crippen molar-refractivity contribution in [3.63, 3.8) is 0 Å². The third-order valence-corrected chi connectivity index (χ3v) is 3.69. The Morgan fingerprint density at radius 1 is 1.35 bits per heavy atom. The molecule has 0 saturated carbocycles. The molecule has 2 heterocycles. The summed E-state index contributed by atoms with van der Waals surface area (Å²) in [4.78, 5) is 22.8. The number of fused-ring (bicyclic) bond motifs is 1. The predicted molar refractivity (Wildman–Crippen MR) is 75.3 cm³/mol. The predicted octanol–water partition coefficient (Wildman–Crippen LogP) is 1.62. The number of β-amino-alcohol motifs (C(OH)–C–C–N with tert-alkyl or cyclic N) is 1. The SMILES string of the molecule is CC1(O)CCCN(C(=O)c2cccc3nccnc23)C1. The van der Waals surface area contributed by atoms with Crippen molar-refractivity contribution in [2.24, 2.45) is 0 Å². The van der Waals surface area contributed by atoms with Gasteiger partial charge in [0.25, 0.3) is 5.91 Å². The molecule has 5 heteroatoms. The molecule has 1 saturated heterocycles. The number of rotatable bonds is 1. The van der Waals surface area contributed by atoms with Gasteiger partial charge < -0.3 is 10.0 Å². The molecule has 0 radical (unpaired) electrons. The Morgan fingerprint density at radius 2 is 2.15 bits per heavy atom. The number of nitrogens with zero attached hydrogens (tertiary/aromatic N) is 3. The fourth-order valence-electron chi connectivity index (χ4n) is 2.73. The molecule has 2 aromatic rings. The van der Waals surface area contributed by atoms with E-state index in [0.717, 1.165) is 12.8 Å². The first-order valence-electron chi connectivity index (χ1n) is 6.78. The Bertz CT molecular complexity index is 649. The maximum Gasteiger partial charge on any atom is 0.256 e. The number of carbonyl (C=O) groups is 1. The minimum atomic E-state index is -0.801. The average molecular weight is 271 g/mol. The van der Waals surface area contributed by atoms with Crippen LogP contribution in [0.15, 0.2) is 30.6 Å². The number of hydrogen-bond donors (Lipinski definition) is 1. The van der Waals surface area contributed by atoms with Gasteiger partial charge in [-0.2, -0.15) is 0 Å². The molecule has 1 N–H and O–H groups in total. The topological polar surface area (TPSA) is 66.3 Å². The van der Waals surface area contributed by atoms with Crippen molar-refractivity contribution in [1.82, 2.24) is 14.9 Å². The molecule has 20 heavy (non-hydrogen) atoms. The van der Waals surface area contributed by atoms with Gasteiger partial charge in [0.1, 0.15) is 5.52 Å². The van der Waals surface area contributed by atoms with Gasteiger partial charge in [0, 0.05) is 25.5 Å². The van der Waals surface area contributed by atoms with Crippen molar-refractivity contribution >= 4 is 16.9 Å². The van der Waals surface area contributed by atoms with Crippen LogP contribution in [0, 0.1) is 0 Å². The lowest BCUT2D eigenvalue weighted by atomic mass is 9.94. The number of aromatic nitrogens is 2. The molecule has 1 atom stereocenters. The summed E-state index contributed by atoms with van der Waals surface area (Å²) >= 11 is 0. The highest BCUT2D eigenvalue weighted by Crippen LogP contribution is 2.23. The molecule has 3 rings (SSSR count). The fourth-order valence-corrected chi connectivity index (χ4v) is 2.73. The van der Waals surface area contributed by atoms with Crippen molar-refractivity contribution in [1.29, 1.82) is 0 Å². The van der Waals surface area contributed by atoms with Crippen LogP contribution in [0.5, 0.6) is 0 Å². The summed E-state index contributed by atoms with van der Waals surface area (Å²) in [5, 5.41) is 10.1. The maximum atomic E-state index is 12.6. The smallest absolute Gasteiger partial charge is 0.256 e. The highest BCUT2D eigenvalue weighted by atomic mass is 16.3. The molecule has 0 spiro atoms. The summed E-state index contributed by atoms with van der Waals surface area (Å²) in [6.07, 6.45) is 4.75. The number of piperidine rings is 1. The minimum absolute atomic E-state index is 0.0870. The van der Waals surface area contributed by atoms with E-state index in [1.54, 1.807) is 30.3 Å². The first-order valence-corrected chi connectivity index (χ1v) is 6.78. The van der Waals surface area contributed by atoms with E-state index in [1.807, 2.05) is 12.1 Å². The standard InChI is InChI=1S/C15H17N3O2/c1-15(20)6-3-9-18(10-15)14(19)11-4-2-5-12-13(11)17-8-7-16-12/h2,4-5,7-8,20H,3,6,9-10H2,1H3. The van der Waals surface area contributed by atoms with E-state index < -0.39 is 5.60 Å². The molecular weight excluding hydrogens is 254 g/mol. The van der Waals surface area contributed by atoms with Crippen LogP contribution in [0.3, 0.4) is 0 Å². The van der Waals surface area contributed by atoms with Crippen molar-refractivity contribution in [2.75, 3.05) is 13.1 Å². The van der Waals surface area contributed by atoms with Gasteiger partial charge in [-0.15, -0.1) is 0 Å². The van der Waals surface area contributed by atoms with E-state index in [1.165, 1.54) is 0 Å². The second-order valence-corrected chi connectivity index (χ2v) is 5.56. The summed E-state index contributed by atoms with van der Waals surface area (Å²) in [6.45, 7) is 2.81. The lowest BCUT2D eigenvalue weighted by molar-refractivity contribution is -0.0106. The van der Waals surface area contributed by atoms with E-state index in [9.17, 15) is 9.90 Å². The van der Waals surface area contributed by atoms with Gasteiger partial charge in [-0.05, 0) is 31.9 Å². The zero-order valence-corrected chi connectivity index (χ0v) is 11.4. The van der Waals surface area contributed by atoms with Gasteiger partial charge in [-0.3, -0.25) is 14.8 Å². The van der Waals surface area contributed by atoms with Crippen LogP contribution in [-0.4, -0.2) is 44.6 Å². The lowest BCUT2D eigenvalue weighted by Gasteiger charge is -2.36. The number of amides is 1. The monoisotopic (exact) mass is 271 g/mol. The lowest BCUT2D eigenvalue weighted by Crippen LogP contribution is -2.48. The number of para-hydroxylation sites is 1. The molecule has 1 unspecified atom stereocenters. The third-order valence-electron chi connectivity index (χ3n) is 3.69. The summed E-state index contributed by atoms with van der Waals surface area (Å²) in [7, 11) is 0. The Kier molecular flexibility index (Phi) is 3.14.